The molecule has 13 heavy (non-hydrogen) atoms. The van der Waals surface area contributed by atoms with Crippen LogP contribution in [0.3, 0.4) is 0 Å². The number of aromatic nitrogens is 2. The summed E-state index contributed by atoms with van der Waals surface area (Å²) in [6, 6.07) is 0. The van der Waals surface area contributed by atoms with Crippen molar-refractivity contribution in [2.45, 2.75) is 0 Å². The van der Waals surface area contributed by atoms with Gasteiger partial charge in [-0.15, -0.1) is 5.73 Å². The topological polar surface area (TPSA) is 65.7 Å². The smallest absolute Gasteiger partial charge is 0.313 e. The van der Waals surface area contributed by atoms with Crippen LogP contribution in [0, 0.1) is 0 Å². The summed E-state index contributed by atoms with van der Waals surface area (Å²) in [4.78, 5) is 26.5. The number of rotatable bonds is 1. The van der Waals surface area contributed by atoms with E-state index in [1.54, 1.807) is 18.2 Å². The van der Waals surface area contributed by atoms with Crippen molar-refractivity contribution < 1.29 is 0 Å². The SMILES string of the molecule is O=c1[nH]cc(C2=C=CC=C2)c(=O)[nH]1. The van der Waals surface area contributed by atoms with E-state index < -0.39 is 11.2 Å². The lowest BCUT2D eigenvalue weighted by atomic mass is 10.1. The van der Waals surface area contributed by atoms with Gasteiger partial charge >= 0.3 is 5.69 Å². The second-order valence-electron chi connectivity index (χ2n) is 2.57. The first-order valence-electron chi connectivity index (χ1n) is 3.73. The summed E-state index contributed by atoms with van der Waals surface area (Å²) in [7, 11) is 0. The third kappa shape index (κ3) is 1.30. The van der Waals surface area contributed by atoms with Gasteiger partial charge in [-0.25, -0.2) is 4.79 Å². The summed E-state index contributed by atoms with van der Waals surface area (Å²) in [6.45, 7) is 0. The Kier molecular flexibility index (Phi) is 1.61. The standard InChI is InChI=1S/C9H6N2O2/c12-8-7(5-10-9(13)11-8)6-3-1-2-4-6/h1-3,5H,(H2,10,11,12,13). The Morgan fingerprint density at radius 2 is 2.15 bits per heavy atom. The van der Waals surface area contributed by atoms with Gasteiger partial charge in [0.1, 0.15) is 0 Å². The van der Waals surface area contributed by atoms with Crippen LogP contribution in [0.25, 0.3) is 5.57 Å². The average Bonchev–Trinajstić information content (AvgIpc) is 2.56. The van der Waals surface area contributed by atoms with E-state index in [9.17, 15) is 9.59 Å². The van der Waals surface area contributed by atoms with Crippen LogP contribution in [0.4, 0.5) is 0 Å². The van der Waals surface area contributed by atoms with Crippen molar-refractivity contribution >= 4 is 5.57 Å². The molecule has 0 radical (unpaired) electrons. The highest BCUT2D eigenvalue weighted by Crippen LogP contribution is 2.11. The van der Waals surface area contributed by atoms with E-state index in [4.69, 9.17) is 0 Å². The van der Waals surface area contributed by atoms with Crippen LogP contribution in [-0.4, -0.2) is 9.97 Å². The Labute approximate surface area is 72.9 Å². The van der Waals surface area contributed by atoms with E-state index in [1.165, 1.54) is 6.20 Å². The molecule has 0 aliphatic heterocycles. The van der Waals surface area contributed by atoms with E-state index in [2.05, 4.69) is 15.7 Å². The van der Waals surface area contributed by atoms with Crippen molar-refractivity contribution in [1.82, 2.24) is 9.97 Å². The summed E-state index contributed by atoms with van der Waals surface area (Å²) in [6.07, 6.45) is 6.62. The van der Waals surface area contributed by atoms with E-state index >= 15 is 0 Å². The Morgan fingerprint density at radius 1 is 1.31 bits per heavy atom. The molecule has 1 aliphatic rings. The highest BCUT2D eigenvalue weighted by molar-refractivity contribution is 5.75. The summed E-state index contributed by atoms with van der Waals surface area (Å²) in [5.41, 5.74) is 3.07. The van der Waals surface area contributed by atoms with Crippen LogP contribution in [0.2, 0.25) is 0 Å². The van der Waals surface area contributed by atoms with E-state index in [-0.39, 0.29) is 0 Å². The van der Waals surface area contributed by atoms with E-state index in [1.807, 2.05) is 0 Å². The predicted molar refractivity (Wildman–Crippen MR) is 48.3 cm³/mol. The van der Waals surface area contributed by atoms with Crippen LogP contribution in [-0.2, 0) is 0 Å². The second-order valence-corrected chi connectivity index (χ2v) is 2.57. The molecular weight excluding hydrogens is 168 g/mol. The van der Waals surface area contributed by atoms with Gasteiger partial charge in [0.2, 0.25) is 0 Å². The van der Waals surface area contributed by atoms with Crippen molar-refractivity contribution in [2.75, 3.05) is 0 Å². The van der Waals surface area contributed by atoms with E-state index in [0.29, 0.717) is 11.1 Å². The molecule has 0 unspecified atom stereocenters. The normalized spacial score (nSPS) is 13.4. The van der Waals surface area contributed by atoms with Crippen molar-refractivity contribution in [3.8, 4) is 0 Å². The van der Waals surface area contributed by atoms with Crippen molar-refractivity contribution in [2.24, 2.45) is 0 Å². The zero-order valence-electron chi connectivity index (χ0n) is 6.63. The molecule has 0 amide bonds. The molecule has 0 atom stereocenters. The number of H-pyrrole nitrogens is 2. The zero-order chi connectivity index (χ0) is 9.26. The lowest BCUT2D eigenvalue weighted by molar-refractivity contribution is 1.03. The Hall–Kier alpha value is -2.06. The first kappa shape index (κ1) is 7.58. The third-order valence-electron chi connectivity index (χ3n) is 1.71. The number of hydrogen-bond acceptors (Lipinski definition) is 2. The quantitative estimate of drug-likeness (QED) is 0.596. The van der Waals surface area contributed by atoms with Crippen LogP contribution in [0.1, 0.15) is 5.56 Å². The minimum atomic E-state index is -0.500. The van der Waals surface area contributed by atoms with Gasteiger partial charge in [-0.05, 0) is 12.2 Å². The summed E-state index contributed by atoms with van der Waals surface area (Å²) < 4.78 is 0. The molecule has 64 valence electrons. The maximum absolute atomic E-state index is 11.2. The summed E-state index contributed by atoms with van der Waals surface area (Å²) >= 11 is 0. The Bertz CT molecular complexity index is 539. The first-order chi connectivity index (χ1) is 6.27. The van der Waals surface area contributed by atoms with Gasteiger partial charge in [0, 0.05) is 11.8 Å². The molecule has 0 fully saturated rings. The van der Waals surface area contributed by atoms with Crippen molar-refractivity contribution in [3.05, 3.63) is 56.6 Å². The first-order valence-corrected chi connectivity index (χ1v) is 3.73. The number of aromatic amines is 2. The fraction of sp³-hybridized carbons (Fsp3) is 0. The van der Waals surface area contributed by atoms with Crippen LogP contribution in [0.15, 0.2) is 39.7 Å². The fourth-order valence-corrected chi connectivity index (χ4v) is 1.11. The molecule has 0 bridgehead atoms. The Morgan fingerprint density at radius 3 is 2.77 bits per heavy atom. The average molecular weight is 174 g/mol. The lowest BCUT2D eigenvalue weighted by Crippen LogP contribution is -2.23. The molecule has 2 N–H and O–H groups in total. The van der Waals surface area contributed by atoms with Crippen LogP contribution < -0.4 is 11.2 Å². The highest BCUT2D eigenvalue weighted by Gasteiger charge is 2.04. The molecule has 4 nitrogen and oxygen atoms in total. The molecule has 0 saturated carbocycles. The minimum absolute atomic E-state index is 0.397. The summed E-state index contributed by atoms with van der Waals surface area (Å²) in [5, 5.41) is 0. The Balaban J connectivity index is 2.66. The third-order valence-corrected chi connectivity index (χ3v) is 1.71. The minimum Gasteiger partial charge on any atom is -0.313 e. The largest absolute Gasteiger partial charge is 0.325 e. The van der Waals surface area contributed by atoms with Gasteiger partial charge in [0.05, 0.1) is 5.56 Å². The molecule has 0 spiro atoms. The molecule has 1 aromatic rings. The van der Waals surface area contributed by atoms with Gasteiger partial charge < -0.3 is 4.98 Å². The molecule has 1 aliphatic carbocycles. The monoisotopic (exact) mass is 174 g/mol. The van der Waals surface area contributed by atoms with Gasteiger partial charge in [0.15, 0.2) is 0 Å². The molecule has 1 heterocycles. The zero-order valence-corrected chi connectivity index (χ0v) is 6.63. The second kappa shape index (κ2) is 2.77. The molecule has 0 saturated heterocycles. The molecule has 4 heteroatoms. The van der Waals surface area contributed by atoms with Crippen molar-refractivity contribution in [1.29, 1.82) is 0 Å². The maximum atomic E-state index is 11.2. The highest BCUT2D eigenvalue weighted by atomic mass is 16.2. The van der Waals surface area contributed by atoms with Crippen molar-refractivity contribution in [3.63, 3.8) is 0 Å². The van der Waals surface area contributed by atoms with Crippen LogP contribution >= 0.6 is 0 Å². The predicted octanol–water partition coefficient (Wildman–Crippen LogP) is 0.171. The van der Waals surface area contributed by atoms with Gasteiger partial charge in [-0.2, -0.15) is 0 Å². The molecule has 1 aromatic heterocycles. The van der Waals surface area contributed by atoms with Crippen LogP contribution in [0.5, 0.6) is 0 Å². The number of hydrogen-bond donors (Lipinski definition) is 2. The molecule has 0 aromatic carbocycles. The number of nitrogens with one attached hydrogen (secondary N) is 2. The lowest BCUT2D eigenvalue weighted by Gasteiger charge is -1.94. The summed E-state index contributed by atoms with van der Waals surface area (Å²) in [5.74, 6) is 0. The number of allylic oxidation sites excluding steroid dienone is 3. The molecular formula is C9H6N2O2. The van der Waals surface area contributed by atoms with E-state index in [0.717, 1.165) is 0 Å². The maximum Gasteiger partial charge on any atom is 0.325 e. The fourth-order valence-electron chi connectivity index (χ4n) is 1.11. The van der Waals surface area contributed by atoms with Gasteiger partial charge in [-0.1, -0.05) is 6.08 Å². The van der Waals surface area contributed by atoms with Gasteiger partial charge in [0.25, 0.3) is 5.56 Å². The molecule has 2 rings (SSSR count). The van der Waals surface area contributed by atoms with Gasteiger partial charge in [-0.3, -0.25) is 9.78 Å².